The molecule has 1 aromatic carbocycles. The van der Waals surface area contributed by atoms with Gasteiger partial charge in [-0.25, -0.2) is 0 Å². The number of rotatable bonds is 6. The minimum absolute atomic E-state index is 0.238. The highest BCUT2D eigenvalue weighted by molar-refractivity contribution is 5.96. The van der Waals surface area contributed by atoms with Crippen LogP contribution in [0.2, 0.25) is 0 Å². The molecule has 2 aromatic rings. The predicted molar refractivity (Wildman–Crippen MR) is 116 cm³/mol. The number of pyridine rings is 1. The van der Waals surface area contributed by atoms with Gasteiger partial charge in [0.05, 0.1) is 26.3 Å². The van der Waals surface area contributed by atoms with E-state index in [2.05, 4.69) is 16.3 Å². The minimum atomic E-state index is 0.238. The molecule has 29 heavy (non-hydrogen) atoms. The number of aliphatic hydroxyl groups excluding tert-OH is 1. The summed E-state index contributed by atoms with van der Waals surface area (Å²) in [5.74, 6) is 1.47. The number of nitrogens with one attached hydrogen (secondary N) is 1. The summed E-state index contributed by atoms with van der Waals surface area (Å²) in [5.41, 5.74) is 4.85. The first kappa shape index (κ1) is 20.2. The lowest BCUT2D eigenvalue weighted by Gasteiger charge is -2.33. The van der Waals surface area contributed by atoms with Gasteiger partial charge >= 0.3 is 0 Å². The lowest BCUT2D eigenvalue weighted by molar-refractivity contribution is 0.168. The van der Waals surface area contributed by atoms with Crippen molar-refractivity contribution in [1.29, 1.82) is 0 Å². The number of hydrogen-bond acceptors (Lipinski definition) is 6. The number of likely N-dealkylation sites (tertiary alicyclic amines) is 1. The molecule has 1 saturated heterocycles. The minimum Gasteiger partial charge on any atom is -0.493 e. The third-order valence-electron chi connectivity index (χ3n) is 6.37. The smallest absolute Gasteiger partial charge is 0.162 e. The van der Waals surface area contributed by atoms with Crippen molar-refractivity contribution in [3.63, 3.8) is 0 Å². The number of methoxy groups -OCH3 is 2. The van der Waals surface area contributed by atoms with E-state index >= 15 is 0 Å². The van der Waals surface area contributed by atoms with Crippen molar-refractivity contribution in [1.82, 2.24) is 9.88 Å². The fourth-order valence-corrected chi connectivity index (χ4v) is 4.74. The molecule has 1 aliphatic heterocycles. The number of hydrogen-bond donors (Lipinski definition) is 2. The van der Waals surface area contributed by atoms with Crippen molar-refractivity contribution in [2.75, 3.05) is 45.8 Å². The Hall–Kier alpha value is -2.05. The molecule has 2 heterocycles. The number of fused-ring (bicyclic) bond motifs is 2. The van der Waals surface area contributed by atoms with Crippen LogP contribution in [-0.2, 0) is 12.8 Å². The van der Waals surface area contributed by atoms with Crippen molar-refractivity contribution in [3.8, 4) is 11.5 Å². The van der Waals surface area contributed by atoms with Crippen molar-refractivity contribution in [2.24, 2.45) is 0 Å². The average Bonchev–Trinajstić information content (AvgIpc) is 2.99. The molecule has 4 rings (SSSR count). The maximum Gasteiger partial charge on any atom is 0.162 e. The Balaban J connectivity index is 1.72. The zero-order valence-electron chi connectivity index (χ0n) is 17.7. The summed E-state index contributed by atoms with van der Waals surface area (Å²) in [6.45, 7) is 3.07. The summed E-state index contributed by atoms with van der Waals surface area (Å²) in [6.07, 6.45) is 7.99. The normalized spacial score (nSPS) is 18.3. The van der Waals surface area contributed by atoms with E-state index in [-0.39, 0.29) is 6.61 Å². The summed E-state index contributed by atoms with van der Waals surface area (Å²) in [6, 6.07) is 4.53. The van der Waals surface area contributed by atoms with E-state index in [0.29, 0.717) is 6.04 Å². The summed E-state index contributed by atoms with van der Waals surface area (Å²) >= 11 is 0. The highest BCUT2D eigenvalue weighted by Crippen LogP contribution is 2.39. The molecule has 2 N–H and O–H groups in total. The van der Waals surface area contributed by atoms with Crippen LogP contribution in [0.5, 0.6) is 11.5 Å². The standard InChI is InChI=1S/C23H33N3O3/c1-28-21-14-18-20(15-22(21)29-2)25-19-7-5-3-4-6-17(19)23(18)24-16-8-10-26(11-9-16)12-13-27/h14-16,27H,3-13H2,1-2H3,(H,24,25). The molecule has 0 atom stereocenters. The monoisotopic (exact) mass is 399 g/mol. The van der Waals surface area contributed by atoms with Gasteiger partial charge in [0.2, 0.25) is 0 Å². The maximum atomic E-state index is 9.20. The number of ether oxygens (including phenoxy) is 2. The molecule has 0 radical (unpaired) electrons. The molecular weight excluding hydrogens is 366 g/mol. The number of piperidine rings is 1. The Morgan fingerprint density at radius 3 is 2.52 bits per heavy atom. The molecule has 1 fully saturated rings. The molecule has 1 aromatic heterocycles. The van der Waals surface area contributed by atoms with Gasteiger partial charge in [-0.15, -0.1) is 0 Å². The fraction of sp³-hybridized carbons (Fsp3) is 0.609. The zero-order chi connectivity index (χ0) is 20.2. The van der Waals surface area contributed by atoms with Crippen molar-refractivity contribution in [3.05, 3.63) is 23.4 Å². The Morgan fingerprint density at radius 2 is 1.79 bits per heavy atom. The molecular formula is C23H33N3O3. The van der Waals surface area contributed by atoms with Gasteiger partial charge < -0.3 is 24.8 Å². The van der Waals surface area contributed by atoms with Gasteiger partial charge in [-0.1, -0.05) is 6.42 Å². The summed E-state index contributed by atoms with van der Waals surface area (Å²) in [5, 5.41) is 14.2. The fourth-order valence-electron chi connectivity index (χ4n) is 4.74. The van der Waals surface area contributed by atoms with Crippen LogP contribution >= 0.6 is 0 Å². The quantitative estimate of drug-likeness (QED) is 0.726. The summed E-state index contributed by atoms with van der Waals surface area (Å²) < 4.78 is 11.1. The molecule has 6 nitrogen and oxygen atoms in total. The van der Waals surface area contributed by atoms with E-state index in [0.717, 1.165) is 67.7 Å². The second-order valence-corrected chi connectivity index (χ2v) is 8.18. The van der Waals surface area contributed by atoms with E-state index in [1.165, 1.54) is 36.2 Å². The predicted octanol–water partition coefficient (Wildman–Crippen LogP) is 3.39. The number of benzene rings is 1. The Bertz CT molecular complexity index is 847. The van der Waals surface area contributed by atoms with Crippen LogP contribution in [0.15, 0.2) is 12.1 Å². The Kier molecular flexibility index (Phi) is 6.40. The Labute approximate surface area is 173 Å². The molecule has 0 spiro atoms. The van der Waals surface area contributed by atoms with Crippen LogP contribution in [0.3, 0.4) is 0 Å². The first-order valence-corrected chi connectivity index (χ1v) is 10.9. The summed E-state index contributed by atoms with van der Waals surface area (Å²) in [4.78, 5) is 7.38. The topological polar surface area (TPSA) is 66.9 Å². The van der Waals surface area contributed by atoms with Gasteiger partial charge in [0, 0.05) is 48.5 Å². The molecule has 0 saturated carbocycles. The van der Waals surface area contributed by atoms with Gasteiger partial charge in [-0.05, 0) is 50.2 Å². The van der Waals surface area contributed by atoms with Crippen LogP contribution in [0.4, 0.5) is 5.69 Å². The van der Waals surface area contributed by atoms with Gasteiger partial charge in [-0.3, -0.25) is 4.98 Å². The lowest BCUT2D eigenvalue weighted by Crippen LogP contribution is -2.40. The summed E-state index contributed by atoms with van der Waals surface area (Å²) in [7, 11) is 3.36. The van der Waals surface area contributed by atoms with Gasteiger partial charge in [0.1, 0.15) is 0 Å². The van der Waals surface area contributed by atoms with Crippen molar-refractivity contribution in [2.45, 2.75) is 51.0 Å². The first-order chi connectivity index (χ1) is 14.2. The molecule has 2 aliphatic rings. The van der Waals surface area contributed by atoms with Crippen molar-refractivity contribution < 1.29 is 14.6 Å². The SMILES string of the molecule is COc1cc2nc3c(c(NC4CCN(CCO)CC4)c2cc1OC)CCCCC3. The Morgan fingerprint density at radius 1 is 1.07 bits per heavy atom. The largest absolute Gasteiger partial charge is 0.493 e. The van der Waals surface area contributed by atoms with Crippen LogP contribution < -0.4 is 14.8 Å². The number of nitrogens with zero attached hydrogens (tertiary/aromatic N) is 2. The van der Waals surface area contributed by atoms with Crippen LogP contribution in [-0.4, -0.2) is 61.5 Å². The van der Waals surface area contributed by atoms with Crippen LogP contribution in [0.25, 0.3) is 10.9 Å². The number of aliphatic hydroxyl groups is 1. The second kappa shape index (κ2) is 9.18. The van der Waals surface area contributed by atoms with E-state index in [4.69, 9.17) is 14.5 Å². The van der Waals surface area contributed by atoms with E-state index in [1.807, 2.05) is 6.07 Å². The third kappa shape index (κ3) is 4.28. The van der Waals surface area contributed by atoms with Gasteiger partial charge in [0.15, 0.2) is 11.5 Å². The number of aryl methyl sites for hydroxylation is 1. The second-order valence-electron chi connectivity index (χ2n) is 8.18. The molecule has 0 unspecified atom stereocenters. The third-order valence-corrected chi connectivity index (χ3v) is 6.37. The average molecular weight is 400 g/mol. The highest BCUT2D eigenvalue weighted by Gasteiger charge is 2.24. The molecule has 158 valence electrons. The first-order valence-electron chi connectivity index (χ1n) is 10.9. The van der Waals surface area contributed by atoms with E-state index in [1.54, 1.807) is 14.2 Å². The van der Waals surface area contributed by atoms with E-state index in [9.17, 15) is 5.11 Å². The van der Waals surface area contributed by atoms with Crippen LogP contribution in [0, 0.1) is 0 Å². The molecule has 0 bridgehead atoms. The van der Waals surface area contributed by atoms with Gasteiger partial charge in [0.25, 0.3) is 0 Å². The van der Waals surface area contributed by atoms with E-state index < -0.39 is 0 Å². The zero-order valence-corrected chi connectivity index (χ0v) is 17.7. The van der Waals surface area contributed by atoms with Crippen molar-refractivity contribution >= 4 is 16.6 Å². The van der Waals surface area contributed by atoms with Gasteiger partial charge in [-0.2, -0.15) is 0 Å². The molecule has 0 amide bonds. The number of aromatic nitrogens is 1. The number of anilines is 1. The number of β-amino-alcohol motifs (C(OH)–C–C–N with tert-alkyl or cyclic N) is 1. The maximum absolute atomic E-state index is 9.20. The highest BCUT2D eigenvalue weighted by atomic mass is 16.5. The molecule has 1 aliphatic carbocycles. The van der Waals surface area contributed by atoms with Crippen LogP contribution in [0.1, 0.15) is 43.4 Å². The lowest BCUT2D eigenvalue weighted by atomic mass is 9.98. The molecule has 6 heteroatoms.